The van der Waals surface area contributed by atoms with Crippen molar-refractivity contribution in [2.45, 2.75) is 32.4 Å². The van der Waals surface area contributed by atoms with Crippen molar-refractivity contribution in [1.29, 1.82) is 0 Å². The third kappa shape index (κ3) is 4.86. The Morgan fingerprint density at radius 2 is 2.24 bits per heavy atom. The molecule has 3 amide bonds. The molecule has 1 unspecified atom stereocenters. The molecule has 2 bridgehead atoms. The second-order valence-electron chi connectivity index (χ2n) is 7.86. The monoisotopic (exact) mass is 405 g/mol. The first-order valence-electron chi connectivity index (χ1n) is 9.31. The van der Waals surface area contributed by atoms with Gasteiger partial charge in [-0.05, 0) is 26.8 Å². The van der Waals surface area contributed by atoms with Crippen molar-refractivity contribution in [2.75, 3.05) is 38.7 Å². The first kappa shape index (κ1) is 20.6. The Balaban J connectivity index is 1.60. The quantitative estimate of drug-likeness (QED) is 0.542. The number of hydroxylamine groups is 2. The first-order valence-corrected chi connectivity index (χ1v) is 9.31. The number of anilines is 1. The molecule has 1 aromatic heterocycles. The van der Waals surface area contributed by atoms with Crippen LogP contribution in [0.3, 0.4) is 0 Å². The van der Waals surface area contributed by atoms with Crippen LogP contribution in [0.1, 0.15) is 20.8 Å². The lowest BCUT2D eigenvalue weighted by atomic mass is 10.2. The van der Waals surface area contributed by atoms with Gasteiger partial charge in [0.05, 0.1) is 37.8 Å². The average molecular weight is 405 g/mol. The van der Waals surface area contributed by atoms with Crippen LogP contribution >= 0.6 is 0 Å². The fourth-order valence-corrected chi connectivity index (χ4v) is 2.90. The van der Waals surface area contributed by atoms with Gasteiger partial charge in [-0.25, -0.2) is 14.3 Å². The van der Waals surface area contributed by atoms with Gasteiger partial charge in [-0.2, -0.15) is 5.06 Å². The molecule has 0 aliphatic carbocycles. The van der Waals surface area contributed by atoms with Crippen LogP contribution in [-0.2, 0) is 9.57 Å². The van der Waals surface area contributed by atoms with Crippen LogP contribution in [0.25, 0.3) is 5.70 Å². The van der Waals surface area contributed by atoms with Crippen molar-refractivity contribution < 1.29 is 19.2 Å². The topological polar surface area (TPSA) is 105 Å². The van der Waals surface area contributed by atoms with Gasteiger partial charge in [-0.3, -0.25) is 9.74 Å². The molecule has 1 aromatic rings. The number of hydrogen-bond acceptors (Lipinski definition) is 7. The molecule has 0 aromatic carbocycles. The Morgan fingerprint density at radius 3 is 2.93 bits per heavy atom. The second-order valence-corrected chi connectivity index (χ2v) is 7.86. The van der Waals surface area contributed by atoms with E-state index in [2.05, 4.69) is 22.2 Å². The standard InChI is InChI=1S/C18H27N7O4/c1-6-7-28-25-14-8-13(9-23(10-14)16(25)26)24-11-15(20-21-24)19-12-22(5)17(27)29-18(2,3)4/h6,8,11,14,19H,1,7,9-10,12H2,2-5H3. The van der Waals surface area contributed by atoms with E-state index in [0.29, 0.717) is 18.9 Å². The number of hydrogen-bond donors (Lipinski definition) is 1. The molecule has 3 heterocycles. The summed E-state index contributed by atoms with van der Waals surface area (Å²) in [6.07, 6.45) is 4.81. The summed E-state index contributed by atoms with van der Waals surface area (Å²) in [6, 6.07) is -0.370. The van der Waals surface area contributed by atoms with Crippen LogP contribution in [0.2, 0.25) is 0 Å². The number of aromatic nitrogens is 3. The van der Waals surface area contributed by atoms with E-state index >= 15 is 0 Å². The normalized spacial score (nSPS) is 18.6. The van der Waals surface area contributed by atoms with Gasteiger partial charge >= 0.3 is 12.1 Å². The van der Waals surface area contributed by atoms with Crippen LogP contribution in [0, 0.1) is 0 Å². The molecule has 0 spiro atoms. The molecule has 3 rings (SSSR count). The number of rotatable bonds is 7. The number of carbonyl (C=O) groups excluding carboxylic acids is 2. The number of ether oxygens (including phenoxy) is 1. The molecule has 2 aliphatic rings. The SMILES string of the molecule is C=CCON1C(=O)N2CC(n3cc(NCN(C)C(=O)OC(C)(C)C)nn3)=CC1C2. The first-order chi connectivity index (χ1) is 13.7. The molecule has 158 valence electrons. The Kier molecular flexibility index (Phi) is 5.78. The Morgan fingerprint density at radius 1 is 1.48 bits per heavy atom. The Labute approximate surface area is 169 Å². The number of fused-ring (bicyclic) bond motifs is 2. The lowest BCUT2D eigenvalue weighted by Crippen LogP contribution is -2.37. The van der Waals surface area contributed by atoms with E-state index in [1.54, 1.807) is 28.9 Å². The van der Waals surface area contributed by atoms with E-state index in [0.717, 1.165) is 5.70 Å². The van der Waals surface area contributed by atoms with E-state index in [1.165, 1.54) is 9.96 Å². The molecule has 1 saturated heterocycles. The maximum absolute atomic E-state index is 12.4. The van der Waals surface area contributed by atoms with Gasteiger partial charge in [0, 0.05) is 13.6 Å². The van der Waals surface area contributed by atoms with Gasteiger partial charge < -0.3 is 15.0 Å². The zero-order valence-corrected chi connectivity index (χ0v) is 17.2. The van der Waals surface area contributed by atoms with Crippen molar-refractivity contribution in [3.05, 3.63) is 24.9 Å². The van der Waals surface area contributed by atoms with Crippen LogP contribution in [0.4, 0.5) is 15.4 Å². The number of amides is 3. The summed E-state index contributed by atoms with van der Waals surface area (Å²) < 4.78 is 6.91. The van der Waals surface area contributed by atoms with Gasteiger partial charge in [0.25, 0.3) is 0 Å². The zero-order chi connectivity index (χ0) is 21.2. The minimum absolute atomic E-state index is 0.180. The molecular weight excluding hydrogens is 378 g/mol. The number of nitrogens with zero attached hydrogens (tertiary/aromatic N) is 6. The molecule has 11 nitrogen and oxygen atoms in total. The van der Waals surface area contributed by atoms with E-state index in [-0.39, 0.29) is 25.3 Å². The van der Waals surface area contributed by atoms with Gasteiger partial charge in [-0.1, -0.05) is 11.3 Å². The molecule has 2 aliphatic heterocycles. The second kappa shape index (κ2) is 8.11. The molecule has 0 radical (unpaired) electrons. The fraction of sp³-hybridized carbons (Fsp3) is 0.556. The third-order valence-corrected chi connectivity index (χ3v) is 4.23. The van der Waals surface area contributed by atoms with Crippen molar-refractivity contribution >= 4 is 23.6 Å². The summed E-state index contributed by atoms with van der Waals surface area (Å²) in [4.78, 5) is 32.9. The van der Waals surface area contributed by atoms with E-state index in [9.17, 15) is 9.59 Å². The summed E-state index contributed by atoms with van der Waals surface area (Å²) in [5.74, 6) is 0.500. The number of urea groups is 1. The lowest BCUT2D eigenvalue weighted by molar-refractivity contribution is -0.107. The van der Waals surface area contributed by atoms with E-state index < -0.39 is 11.7 Å². The molecule has 29 heavy (non-hydrogen) atoms. The van der Waals surface area contributed by atoms with Gasteiger partial charge in [0.2, 0.25) is 0 Å². The van der Waals surface area contributed by atoms with Crippen molar-refractivity contribution in [3.63, 3.8) is 0 Å². The summed E-state index contributed by atoms with van der Waals surface area (Å²) in [7, 11) is 1.63. The highest BCUT2D eigenvalue weighted by molar-refractivity contribution is 5.80. The van der Waals surface area contributed by atoms with Crippen LogP contribution in [0.15, 0.2) is 24.9 Å². The predicted octanol–water partition coefficient (Wildman–Crippen LogP) is 1.59. The molecule has 0 saturated carbocycles. The highest BCUT2D eigenvalue weighted by Gasteiger charge is 2.41. The summed E-state index contributed by atoms with van der Waals surface area (Å²) in [5.41, 5.74) is 0.262. The van der Waals surface area contributed by atoms with Gasteiger partial charge in [-0.15, -0.1) is 11.7 Å². The van der Waals surface area contributed by atoms with E-state index in [1.807, 2.05) is 26.8 Å². The summed E-state index contributed by atoms with van der Waals surface area (Å²) in [5, 5.41) is 12.6. The highest BCUT2D eigenvalue weighted by Crippen LogP contribution is 2.26. The molecule has 1 atom stereocenters. The molecular formula is C18H27N7O4. The average Bonchev–Trinajstić information content (AvgIpc) is 3.20. The largest absolute Gasteiger partial charge is 0.444 e. The third-order valence-electron chi connectivity index (χ3n) is 4.23. The Hall–Kier alpha value is -3.08. The lowest BCUT2D eigenvalue weighted by Gasteiger charge is -2.24. The van der Waals surface area contributed by atoms with Crippen molar-refractivity contribution in [2.24, 2.45) is 0 Å². The van der Waals surface area contributed by atoms with Crippen LogP contribution in [-0.4, -0.2) is 87.0 Å². The van der Waals surface area contributed by atoms with E-state index in [4.69, 9.17) is 9.57 Å². The molecule has 11 heteroatoms. The van der Waals surface area contributed by atoms with Crippen LogP contribution in [0.5, 0.6) is 0 Å². The smallest absolute Gasteiger partial charge is 0.411 e. The molecule has 1 N–H and O–H groups in total. The minimum Gasteiger partial charge on any atom is -0.444 e. The maximum Gasteiger partial charge on any atom is 0.411 e. The van der Waals surface area contributed by atoms with Crippen LogP contribution < -0.4 is 5.32 Å². The number of carbonyl (C=O) groups is 2. The summed E-state index contributed by atoms with van der Waals surface area (Å²) >= 11 is 0. The predicted molar refractivity (Wildman–Crippen MR) is 106 cm³/mol. The fourth-order valence-electron chi connectivity index (χ4n) is 2.90. The maximum atomic E-state index is 12.4. The minimum atomic E-state index is -0.558. The zero-order valence-electron chi connectivity index (χ0n) is 17.2. The van der Waals surface area contributed by atoms with Gasteiger partial charge in [0.1, 0.15) is 5.60 Å². The molecule has 1 fully saturated rings. The Bertz CT molecular complexity index is 813. The van der Waals surface area contributed by atoms with Crippen molar-refractivity contribution in [1.82, 2.24) is 29.9 Å². The van der Waals surface area contributed by atoms with Crippen molar-refractivity contribution in [3.8, 4) is 0 Å². The van der Waals surface area contributed by atoms with Gasteiger partial charge in [0.15, 0.2) is 5.82 Å². The number of nitrogens with one attached hydrogen (secondary N) is 1. The summed E-state index contributed by atoms with van der Waals surface area (Å²) in [6.45, 7) is 10.5. The highest BCUT2D eigenvalue weighted by atomic mass is 16.7.